The van der Waals surface area contributed by atoms with Crippen LogP contribution >= 0.6 is 0 Å². The number of ketones is 1. The summed E-state index contributed by atoms with van der Waals surface area (Å²) in [6, 6.07) is 14.1. The largest absolute Gasteiger partial charge is 0.491 e. The molecule has 0 aromatic heterocycles. The molecular formula is C23H30N2O5S. The number of ether oxygens (including phenoxy) is 1. The van der Waals surface area contributed by atoms with Crippen molar-refractivity contribution >= 4 is 27.4 Å². The van der Waals surface area contributed by atoms with Crippen molar-refractivity contribution < 1.29 is 22.7 Å². The number of hydrogen-bond donors (Lipinski definition) is 1. The van der Waals surface area contributed by atoms with Crippen LogP contribution in [-0.2, 0) is 21.2 Å². The lowest BCUT2D eigenvalue weighted by Crippen LogP contribution is -2.40. The van der Waals surface area contributed by atoms with Crippen LogP contribution in [0, 0.1) is 0 Å². The number of anilines is 1. The van der Waals surface area contributed by atoms with Crippen LogP contribution in [0.15, 0.2) is 48.5 Å². The molecule has 1 N–H and O–H groups in total. The van der Waals surface area contributed by atoms with Crippen molar-refractivity contribution in [2.75, 3.05) is 23.7 Å². The number of benzene rings is 2. The maximum Gasteiger partial charge on any atom is 0.240 e. The van der Waals surface area contributed by atoms with Crippen molar-refractivity contribution in [1.82, 2.24) is 5.32 Å². The van der Waals surface area contributed by atoms with Gasteiger partial charge in [-0.3, -0.25) is 13.9 Å². The molecule has 168 valence electrons. The van der Waals surface area contributed by atoms with Crippen molar-refractivity contribution in [3.63, 3.8) is 0 Å². The molecule has 0 aliphatic heterocycles. The van der Waals surface area contributed by atoms with Crippen LogP contribution in [0.25, 0.3) is 0 Å². The average molecular weight is 447 g/mol. The lowest BCUT2D eigenvalue weighted by atomic mass is 10.1. The number of hydrogen-bond acceptors (Lipinski definition) is 5. The van der Waals surface area contributed by atoms with Gasteiger partial charge in [0.05, 0.1) is 18.0 Å². The van der Waals surface area contributed by atoms with Gasteiger partial charge in [-0.1, -0.05) is 24.3 Å². The molecule has 0 saturated heterocycles. The first kappa shape index (κ1) is 24.4. The summed E-state index contributed by atoms with van der Waals surface area (Å²) < 4.78 is 31.1. The molecule has 0 aliphatic carbocycles. The van der Waals surface area contributed by atoms with Gasteiger partial charge in [-0.25, -0.2) is 8.42 Å². The van der Waals surface area contributed by atoms with Gasteiger partial charge >= 0.3 is 0 Å². The highest BCUT2D eigenvalue weighted by Gasteiger charge is 2.21. The molecule has 8 heteroatoms. The summed E-state index contributed by atoms with van der Waals surface area (Å²) in [6.07, 6.45) is 2.60. The second-order valence-corrected chi connectivity index (χ2v) is 9.55. The van der Waals surface area contributed by atoms with Gasteiger partial charge in [0.1, 0.15) is 12.3 Å². The standard InChI is InChI=1S/C23H30N2O5S/c1-17(2)30-22-12-5-8-19(14-22)9-7-13-24-23(27)16-25(31(4,28)29)21-11-6-10-20(15-21)18(3)26/h5-6,8,10-12,14-15,17H,7,9,13,16H2,1-4H3,(H,24,27). The normalized spacial score (nSPS) is 11.3. The lowest BCUT2D eigenvalue weighted by Gasteiger charge is -2.22. The first-order valence-electron chi connectivity index (χ1n) is 10.2. The predicted molar refractivity (Wildman–Crippen MR) is 122 cm³/mol. The van der Waals surface area contributed by atoms with E-state index in [4.69, 9.17) is 4.74 Å². The molecule has 0 aliphatic rings. The number of rotatable bonds is 11. The van der Waals surface area contributed by atoms with Gasteiger partial charge in [-0.05, 0) is 63.4 Å². The van der Waals surface area contributed by atoms with Gasteiger partial charge in [0.2, 0.25) is 15.9 Å². The van der Waals surface area contributed by atoms with E-state index in [1.807, 2.05) is 38.1 Å². The van der Waals surface area contributed by atoms with Gasteiger partial charge in [0, 0.05) is 12.1 Å². The summed E-state index contributed by atoms with van der Waals surface area (Å²) in [4.78, 5) is 24.0. The summed E-state index contributed by atoms with van der Waals surface area (Å²) in [5, 5.41) is 2.77. The van der Waals surface area contributed by atoms with Crippen molar-refractivity contribution in [3.05, 3.63) is 59.7 Å². The third kappa shape index (κ3) is 8.05. The van der Waals surface area contributed by atoms with E-state index in [1.165, 1.54) is 13.0 Å². The Kier molecular flexibility index (Phi) is 8.62. The quantitative estimate of drug-likeness (QED) is 0.423. The van der Waals surface area contributed by atoms with Gasteiger partial charge in [0.25, 0.3) is 0 Å². The van der Waals surface area contributed by atoms with E-state index in [1.54, 1.807) is 18.2 Å². The highest BCUT2D eigenvalue weighted by atomic mass is 32.2. The molecule has 1 amide bonds. The SMILES string of the molecule is CC(=O)c1cccc(N(CC(=O)NCCCc2cccc(OC(C)C)c2)S(C)(=O)=O)c1. The molecule has 0 unspecified atom stereocenters. The number of nitrogens with one attached hydrogen (secondary N) is 1. The van der Waals surface area contributed by atoms with Crippen LogP contribution in [0.3, 0.4) is 0 Å². The minimum Gasteiger partial charge on any atom is -0.491 e. The number of Topliss-reactive ketones (excluding diaryl/α,β-unsaturated/α-hetero) is 1. The summed E-state index contributed by atoms with van der Waals surface area (Å²) in [6.45, 7) is 5.41. The van der Waals surface area contributed by atoms with Crippen LogP contribution in [0.1, 0.15) is 43.1 Å². The van der Waals surface area contributed by atoms with Crippen LogP contribution in [0.4, 0.5) is 5.69 Å². The zero-order valence-electron chi connectivity index (χ0n) is 18.4. The Bertz CT molecular complexity index is 1020. The van der Waals surface area contributed by atoms with Gasteiger partial charge in [-0.15, -0.1) is 0 Å². The Balaban J connectivity index is 1.92. The molecular weight excluding hydrogens is 416 g/mol. The number of sulfonamides is 1. The average Bonchev–Trinajstić information content (AvgIpc) is 2.68. The monoisotopic (exact) mass is 446 g/mol. The molecule has 0 spiro atoms. The Labute approximate surface area is 184 Å². The molecule has 31 heavy (non-hydrogen) atoms. The fourth-order valence-corrected chi connectivity index (χ4v) is 3.88. The van der Waals surface area contributed by atoms with Crippen molar-refractivity contribution in [1.29, 1.82) is 0 Å². The highest BCUT2D eigenvalue weighted by Crippen LogP contribution is 2.19. The third-order valence-corrected chi connectivity index (χ3v) is 5.60. The highest BCUT2D eigenvalue weighted by molar-refractivity contribution is 7.92. The van der Waals surface area contributed by atoms with Crippen LogP contribution in [0.5, 0.6) is 5.75 Å². The molecule has 0 saturated carbocycles. The maximum absolute atomic E-state index is 12.4. The van der Waals surface area contributed by atoms with Gasteiger partial charge in [-0.2, -0.15) is 0 Å². The molecule has 0 heterocycles. The second-order valence-electron chi connectivity index (χ2n) is 7.64. The maximum atomic E-state index is 12.4. The van der Waals surface area contributed by atoms with Crippen molar-refractivity contribution in [2.24, 2.45) is 0 Å². The molecule has 2 aromatic carbocycles. The third-order valence-electron chi connectivity index (χ3n) is 4.46. The Morgan fingerprint density at radius 1 is 1.10 bits per heavy atom. The summed E-state index contributed by atoms with van der Waals surface area (Å²) in [7, 11) is -3.70. The molecule has 2 aromatic rings. The topological polar surface area (TPSA) is 92.8 Å². The minimum atomic E-state index is -3.70. The van der Waals surface area contributed by atoms with Crippen molar-refractivity contribution in [3.8, 4) is 5.75 Å². The van der Waals surface area contributed by atoms with E-state index in [0.717, 1.165) is 28.3 Å². The van der Waals surface area contributed by atoms with Crippen LogP contribution < -0.4 is 14.4 Å². The molecule has 0 atom stereocenters. The Morgan fingerprint density at radius 2 is 1.81 bits per heavy atom. The molecule has 0 bridgehead atoms. The summed E-state index contributed by atoms with van der Waals surface area (Å²) in [5.41, 5.74) is 1.77. The minimum absolute atomic E-state index is 0.100. The second kappa shape index (κ2) is 10.9. The smallest absolute Gasteiger partial charge is 0.240 e. The lowest BCUT2D eigenvalue weighted by molar-refractivity contribution is -0.119. The van der Waals surface area contributed by atoms with Crippen LogP contribution in [-0.4, -0.2) is 45.6 Å². The fourth-order valence-electron chi connectivity index (χ4n) is 3.03. The number of aryl methyl sites for hydroxylation is 1. The van der Waals surface area contributed by atoms with E-state index < -0.39 is 15.9 Å². The number of amides is 1. The molecule has 0 fully saturated rings. The molecule has 2 rings (SSSR count). The van der Waals surface area contributed by atoms with Gasteiger partial charge in [0.15, 0.2) is 5.78 Å². The molecule has 0 radical (unpaired) electrons. The summed E-state index contributed by atoms with van der Waals surface area (Å²) in [5.74, 6) is 0.228. The predicted octanol–water partition coefficient (Wildman–Crippen LogP) is 3.19. The Hall–Kier alpha value is -2.87. The number of carbonyl (C=O) groups is 2. The van der Waals surface area contributed by atoms with E-state index in [0.29, 0.717) is 18.5 Å². The fraction of sp³-hybridized carbons (Fsp3) is 0.391. The Morgan fingerprint density at radius 3 is 2.45 bits per heavy atom. The van der Waals surface area contributed by atoms with E-state index >= 15 is 0 Å². The zero-order chi connectivity index (χ0) is 23.0. The summed E-state index contributed by atoms with van der Waals surface area (Å²) >= 11 is 0. The van der Waals surface area contributed by atoms with E-state index in [2.05, 4.69) is 5.32 Å². The molecule has 7 nitrogen and oxygen atoms in total. The first-order chi connectivity index (χ1) is 14.6. The number of carbonyl (C=O) groups excluding carboxylic acids is 2. The number of nitrogens with zero attached hydrogens (tertiary/aromatic N) is 1. The van der Waals surface area contributed by atoms with Crippen molar-refractivity contribution in [2.45, 2.75) is 39.7 Å². The first-order valence-corrected chi connectivity index (χ1v) is 12.0. The zero-order valence-corrected chi connectivity index (χ0v) is 19.2. The van der Waals surface area contributed by atoms with Crippen LogP contribution in [0.2, 0.25) is 0 Å². The van der Waals surface area contributed by atoms with Gasteiger partial charge < -0.3 is 10.1 Å². The van der Waals surface area contributed by atoms with E-state index in [9.17, 15) is 18.0 Å². The van der Waals surface area contributed by atoms with E-state index in [-0.39, 0.29) is 24.1 Å².